The van der Waals surface area contributed by atoms with E-state index < -0.39 is 9.84 Å². The normalized spacial score (nSPS) is 11.7. The van der Waals surface area contributed by atoms with Crippen LogP contribution in [0.4, 0.5) is 11.5 Å². The second kappa shape index (κ2) is 5.21. The number of halogens is 1. The Labute approximate surface area is 129 Å². The Morgan fingerprint density at radius 3 is 2.86 bits per heavy atom. The minimum Gasteiger partial charge on any atom is -0.338 e. The van der Waals surface area contributed by atoms with Gasteiger partial charge in [0.2, 0.25) is 5.28 Å². The molecule has 1 N–H and O–H groups in total. The van der Waals surface area contributed by atoms with Gasteiger partial charge >= 0.3 is 0 Å². The average Bonchev–Trinajstić information content (AvgIpc) is 2.86. The zero-order chi connectivity index (χ0) is 15.0. The summed E-state index contributed by atoms with van der Waals surface area (Å²) >= 11 is 7.22. The zero-order valence-corrected chi connectivity index (χ0v) is 13.1. The van der Waals surface area contributed by atoms with Crippen molar-refractivity contribution in [3.05, 3.63) is 35.1 Å². The highest BCUT2D eigenvalue weighted by Crippen LogP contribution is 2.27. The van der Waals surface area contributed by atoms with Crippen LogP contribution in [-0.4, -0.2) is 29.6 Å². The number of benzene rings is 1. The summed E-state index contributed by atoms with van der Waals surface area (Å²) in [6.45, 7) is 0. The van der Waals surface area contributed by atoms with Crippen LogP contribution >= 0.6 is 22.9 Å². The minimum atomic E-state index is -3.27. The molecule has 0 atom stereocenters. The highest BCUT2D eigenvalue weighted by molar-refractivity contribution is 7.90. The van der Waals surface area contributed by atoms with Crippen LogP contribution in [0.25, 0.3) is 10.3 Å². The third kappa shape index (κ3) is 2.97. The van der Waals surface area contributed by atoms with E-state index in [1.807, 2.05) is 0 Å². The number of anilines is 2. The Kier molecular flexibility index (Phi) is 3.52. The molecule has 0 amide bonds. The van der Waals surface area contributed by atoms with Crippen LogP contribution in [0.3, 0.4) is 0 Å². The molecule has 0 saturated carbocycles. The van der Waals surface area contributed by atoms with Gasteiger partial charge in [0.25, 0.3) is 0 Å². The number of rotatable bonds is 3. The van der Waals surface area contributed by atoms with Crippen molar-refractivity contribution in [3.8, 4) is 0 Å². The largest absolute Gasteiger partial charge is 0.338 e. The molecule has 2 aromatic heterocycles. The summed E-state index contributed by atoms with van der Waals surface area (Å²) in [5.41, 5.74) is 2.82. The van der Waals surface area contributed by atoms with E-state index in [1.54, 1.807) is 17.6 Å². The molecular weight excluding hydrogens is 332 g/mol. The average molecular weight is 341 g/mol. The molecule has 0 aliphatic carbocycles. The summed E-state index contributed by atoms with van der Waals surface area (Å²) in [7, 11) is -3.27. The molecule has 0 aliphatic rings. The molecule has 21 heavy (non-hydrogen) atoms. The lowest BCUT2D eigenvalue weighted by Crippen LogP contribution is -2.00. The number of nitrogens with one attached hydrogen (secondary N) is 1. The SMILES string of the molecule is CS(=O)(=O)c1cccc(Nc2nc(Cl)nc3scnc23)c1. The Morgan fingerprint density at radius 2 is 2.10 bits per heavy atom. The molecule has 0 bridgehead atoms. The van der Waals surface area contributed by atoms with Gasteiger partial charge in [0.05, 0.1) is 10.4 Å². The van der Waals surface area contributed by atoms with Crippen LogP contribution in [0, 0.1) is 0 Å². The van der Waals surface area contributed by atoms with Gasteiger partial charge < -0.3 is 5.32 Å². The summed E-state index contributed by atoms with van der Waals surface area (Å²) in [5.74, 6) is 0.442. The number of hydrogen-bond donors (Lipinski definition) is 1. The second-order valence-corrected chi connectivity index (χ2v) is 7.46. The van der Waals surface area contributed by atoms with E-state index in [2.05, 4.69) is 20.3 Å². The van der Waals surface area contributed by atoms with Crippen LogP contribution in [0.1, 0.15) is 0 Å². The smallest absolute Gasteiger partial charge is 0.225 e. The van der Waals surface area contributed by atoms with Crippen molar-refractivity contribution in [1.29, 1.82) is 0 Å². The summed E-state index contributed by atoms with van der Waals surface area (Å²) in [6.07, 6.45) is 1.16. The fourth-order valence-electron chi connectivity index (χ4n) is 1.76. The fourth-order valence-corrected chi connectivity index (χ4v) is 3.31. The number of hydrogen-bond acceptors (Lipinski definition) is 7. The topological polar surface area (TPSA) is 84.8 Å². The van der Waals surface area contributed by atoms with Crippen molar-refractivity contribution < 1.29 is 8.42 Å². The first-order valence-corrected chi connectivity index (χ1v) is 8.92. The predicted molar refractivity (Wildman–Crippen MR) is 83.1 cm³/mol. The summed E-state index contributed by atoms with van der Waals surface area (Å²) in [5, 5.41) is 3.14. The molecule has 9 heteroatoms. The molecule has 2 heterocycles. The first kappa shape index (κ1) is 14.2. The Hall–Kier alpha value is -1.77. The molecule has 0 saturated heterocycles. The van der Waals surface area contributed by atoms with Crippen LogP contribution in [-0.2, 0) is 9.84 Å². The third-order valence-electron chi connectivity index (χ3n) is 2.70. The van der Waals surface area contributed by atoms with Crippen molar-refractivity contribution in [2.24, 2.45) is 0 Å². The van der Waals surface area contributed by atoms with Crippen LogP contribution in [0.15, 0.2) is 34.7 Å². The summed E-state index contributed by atoms with van der Waals surface area (Å²) < 4.78 is 23.2. The maximum atomic E-state index is 11.6. The maximum Gasteiger partial charge on any atom is 0.225 e. The quantitative estimate of drug-likeness (QED) is 0.738. The Bertz CT molecular complexity index is 924. The molecule has 6 nitrogen and oxygen atoms in total. The molecule has 0 unspecified atom stereocenters. The molecule has 0 spiro atoms. The number of sulfone groups is 1. The van der Waals surface area contributed by atoms with Gasteiger partial charge in [-0.15, -0.1) is 11.3 Å². The van der Waals surface area contributed by atoms with E-state index >= 15 is 0 Å². The van der Waals surface area contributed by atoms with Gasteiger partial charge in [-0.25, -0.2) is 18.4 Å². The summed E-state index contributed by atoms with van der Waals surface area (Å²) in [4.78, 5) is 13.2. The van der Waals surface area contributed by atoms with Gasteiger partial charge in [-0.3, -0.25) is 0 Å². The van der Waals surface area contributed by atoms with E-state index in [-0.39, 0.29) is 10.2 Å². The van der Waals surface area contributed by atoms with Gasteiger partial charge in [-0.1, -0.05) is 6.07 Å². The number of nitrogens with zero attached hydrogens (tertiary/aromatic N) is 3. The van der Waals surface area contributed by atoms with Gasteiger partial charge in [0.15, 0.2) is 20.5 Å². The van der Waals surface area contributed by atoms with Crippen molar-refractivity contribution in [1.82, 2.24) is 15.0 Å². The molecule has 0 fully saturated rings. The number of thiazole rings is 1. The molecule has 0 radical (unpaired) electrons. The van der Waals surface area contributed by atoms with E-state index in [1.165, 1.54) is 23.5 Å². The molecule has 0 aliphatic heterocycles. The second-order valence-electron chi connectivity index (χ2n) is 4.27. The number of fused-ring (bicyclic) bond motifs is 1. The highest BCUT2D eigenvalue weighted by atomic mass is 35.5. The highest BCUT2D eigenvalue weighted by Gasteiger charge is 2.11. The first-order valence-electron chi connectivity index (χ1n) is 5.77. The maximum absolute atomic E-state index is 11.6. The van der Waals surface area contributed by atoms with Gasteiger partial charge in [0, 0.05) is 11.9 Å². The molecule has 1 aromatic carbocycles. The van der Waals surface area contributed by atoms with Gasteiger partial charge in [0.1, 0.15) is 5.52 Å². The number of aromatic nitrogens is 3. The Balaban J connectivity index is 2.05. The van der Waals surface area contributed by atoms with Crippen molar-refractivity contribution >= 4 is 54.6 Å². The minimum absolute atomic E-state index is 0.105. The van der Waals surface area contributed by atoms with E-state index in [0.717, 1.165) is 6.26 Å². The van der Waals surface area contributed by atoms with Crippen molar-refractivity contribution in [3.63, 3.8) is 0 Å². The molecular formula is C12H9ClN4O2S2. The molecule has 108 valence electrons. The Morgan fingerprint density at radius 1 is 1.29 bits per heavy atom. The zero-order valence-electron chi connectivity index (χ0n) is 10.7. The van der Waals surface area contributed by atoms with E-state index in [4.69, 9.17) is 11.6 Å². The standard InChI is InChI=1S/C12H9ClN4O2S2/c1-21(18,19)8-4-2-3-7(5-8)15-10-9-11(20-6-14-9)17-12(13)16-10/h2-6H,1H3,(H,15,16,17). The predicted octanol–water partition coefficient (Wildman–Crippen LogP) is 2.89. The molecule has 3 rings (SSSR count). The lowest BCUT2D eigenvalue weighted by Gasteiger charge is -2.07. The van der Waals surface area contributed by atoms with E-state index in [9.17, 15) is 8.42 Å². The fraction of sp³-hybridized carbons (Fsp3) is 0.0833. The lowest BCUT2D eigenvalue weighted by atomic mass is 10.3. The monoisotopic (exact) mass is 340 g/mol. The van der Waals surface area contributed by atoms with Gasteiger partial charge in [-0.2, -0.15) is 4.98 Å². The van der Waals surface area contributed by atoms with E-state index in [0.29, 0.717) is 21.9 Å². The van der Waals surface area contributed by atoms with Crippen LogP contribution < -0.4 is 5.32 Å². The summed E-state index contributed by atoms with van der Waals surface area (Å²) in [6, 6.07) is 6.46. The van der Waals surface area contributed by atoms with Crippen LogP contribution in [0.5, 0.6) is 0 Å². The first-order chi connectivity index (χ1) is 9.93. The molecule has 3 aromatic rings. The third-order valence-corrected chi connectivity index (χ3v) is 4.69. The van der Waals surface area contributed by atoms with Gasteiger partial charge in [-0.05, 0) is 29.8 Å². The lowest BCUT2D eigenvalue weighted by molar-refractivity contribution is 0.602. The van der Waals surface area contributed by atoms with Crippen LogP contribution in [0.2, 0.25) is 5.28 Å². The van der Waals surface area contributed by atoms with Crippen molar-refractivity contribution in [2.75, 3.05) is 11.6 Å². The van der Waals surface area contributed by atoms with Crippen molar-refractivity contribution in [2.45, 2.75) is 4.90 Å².